The molecule has 0 aromatic rings. The molecule has 106 heavy (non-hydrogen) atoms. The topological polar surface area (TPSA) is 237 Å². The van der Waals surface area contributed by atoms with Crippen LogP contribution in [0, 0.1) is 17.8 Å². The van der Waals surface area contributed by atoms with E-state index in [-0.39, 0.29) is 25.7 Å². The first-order chi connectivity index (χ1) is 51.3. The first-order valence-corrected chi connectivity index (χ1v) is 47.9. The van der Waals surface area contributed by atoms with E-state index in [0.717, 1.165) is 114 Å². The van der Waals surface area contributed by atoms with Crippen molar-refractivity contribution >= 4 is 39.5 Å². The van der Waals surface area contributed by atoms with Crippen molar-refractivity contribution in [2.24, 2.45) is 17.8 Å². The largest absolute Gasteiger partial charge is 0.472 e. The number of esters is 4. The lowest BCUT2D eigenvalue weighted by atomic mass is 9.99. The van der Waals surface area contributed by atoms with Crippen LogP contribution >= 0.6 is 15.6 Å². The Morgan fingerprint density at radius 1 is 0.274 bits per heavy atom. The number of ether oxygens (including phenoxy) is 4. The predicted octanol–water partition coefficient (Wildman–Crippen LogP) is 26.5. The molecule has 0 aliphatic carbocycles. The molecule has 0 fully saturated rings. The number of phosphoric acid groups is 2. The first-order valence-electron chi connectivity index (χ1n) is 44.9. The zero-order valence-electron chi connectivity index (χ0n) is 69.9. The van der Waals surface area contributed by atoms with Gasteiger partial charge in [0, 0.05) is 25.7 Å². The van der Waals surface area contributed by atoms with Gasteiger partial charge in [0.1, 0.15) is 19.3 Å². The quantitative estimate of drug-likeness (QED) is 0.0222. The zero-order chi connectivity index (χ0) is 77.9. The van der Waals surface area contributed by atoms with Gasteiger partial charge in [-0.25, -0.2) is 9.13 Å². The van der Waals surface area contributed by atoms with Gasteiger partial charge in [-0.3, -0.25) is 37.3 Å². The van der Waals surface area contributed by atoms with E-state index in [1.54, 1.807) is 0 Å². The SMILES string of the molecule is CCCCCCCCCCCCCCCCCCCC(=O)O[C@H](COC(=O)CCCCCCCCC(C)CC)COP(=O)(O)OC[C@H](O)COP(=O)(O)OC[C@@H](COC(=O)CCCCCCCCCCCCCCCCC(C)C)OC(=O)CCCCCCCCCCCCCCCCCCCCC(C)CC. The van der Waals surface area contributed by atoms with E-state index in [1.807, 2.05) is 0 Å². The Bertz CT molecular complexity index is 2050. The van der Waals surface area contributed by atoms with Gasteiger partial charge in [-0.05, 0) is 43.4 Å². The summed E-state index contributed by atoms with van der Waals surface area (Å²) in [5.41, 5.74) is 0. The Hall–Kier alpha value is -1.94. The lowest BCUT2D eigenvalue weighted by Crippen LogP contribution is -2.30. The van der Waals surface area contributed by atoms with Crippen molar-refractivity contribution in [3.8, 4) is 0 Å². The Labute approximate surface area is 651 Å². The van der Waals surface area contributed by atoms with Crippen LogP contribution in [0.2, 0.25) is 0 Å². The van der Waals surface area contributed by atoms with Crippen molar-refractivity contribution in [3.05, 3.63) is 0 Å². The summed E-state index contributed by atoms with van der Waals surface area (Å²) in [6.07, 6.45) is 68.0. The molecule has 0 aromatic carbocycles. The molecule has 0 heterocycles. The van der Waals surface area contributed by atoms with Crippen molar-refractivity contribution in [2.45, 2.75) is 478 Å². The van der Waals surface area contributed by atoms with Gasteiger partial charge in [0.05, 0.1) is 26.4 Å². The number of unbranched alkanes of at least 4 members (excludes halogenated alkanes) is 51. The lowest BCUT2D eigenvalue weighted by molar-refractivity contribution is -0.161. The van der Waals surface area contributed by atoms with Crippen molar-refractivity contribution < 1.29 is 80.2 Å². The fourth-order valence-electron chi connectivity index (χ4n) is 13.5. The van der Waals surface area contributed by atoms with Gasteiger partial charge >= 0.3 is 39.5 Å². The highest BCUT2D eigenvalue weighted by atomic mass is 31.2. The minimum absolute atomic E-state index is 0.108. The average molecular weight is 1550 g/mol. The van der Waals surface area contributed by atoms with Crippen LogP contribution in [0.5, 0.6) is 0 Å². The van der Waals surface area contributed by atoms with Crippen LogP contribution < -0.4 is 0 Å². The molecule has 19 heteroatoms. The number of hydrogen-bond donors (Lipinski definition) is 3. The molecule has 0 saturated carbocycles. The maximum atomic E-state index is 13.2. The lowest BCUT2D eigenvalue weighted by Gasteiger charge is -2.21. The maximum absolute atomic E-state index is 13.2. The van der Waals surface area contributed by atoms with E-state index < -0.39 is 97.5 Å². The molecular weight excluding hydrogens is 1380 g/mol. The van der Waals surface area contributed by atoms with Crippen LogP contribution in [0.3, 0.4) is 0 Å². The summed E-state index contributed by atoms with van der Waals surface area (Å²) in [6, 6.07) is 0. The molecule has 4 unspecified atom stereocenters. The number of aliphatic hydroxyl groups is 1. The normalized spacial score (nSPS) is 14.4. The van der Waals surface area contributed by atoms with E-state index in [2.05, 4.69) is 48.5 Å². The van der Waals surface area contributed by atoms with Gasteiger partial charge in [-0.1, -0.05) is 408 Å². The van der Waals surface area contributed by atoms with Gasteiger partial charge in [-0.15, -0.1) is 0 Å². The first kappa shape index (κ1) is 104. The fourth-order valence-corrected chi connectivity index (χ4v) is 15.1. The molecule has 0 rings (SSSR count). The summed E-state index contributed by atoms with van der Waals surface area (Å²) >= 11 is 0. The van der Waals surface area contributed by atoms with Crippen molar-refractivity contribution in [1.29, 1.82) is 0 Å². The molecule has 0 bridgehead atoms. The second-order valence-corrected chi connectivity index (χ2v) is 35.1. The molecule has 7 atom stereocenters. The third kappa shape index (κ3) is 77.4. The van der Waals surface area contributed by atoms with E-state index in [0.29, 0.717) is 25.7 Å². The highest BCUT2D eigenvalue weighted by Crippen LogP contribution is 2.45. The van der Waals surface area contributed by atoms with Crippen LogP contribution in [0.15, 0.2) is 0 Å². The molecule has 0 spiro atoms. The fraction of sp³-hybridized carbons (Fsp3) is 0.954. The molecule has 17 nitrogen and oxygen atoms in total. The number of rotatable bonds is 85. The highest BCUT2D eigenvalue weighted by molar-refractivity contribution is 7.47. The number of hydrogen-bond acceptors (Lipinski definition) is 15. The minimum Gasteiger partial charge on any atom is -0.462 e. The molecular formula is C87H170O17P2. The number of aliphatic hydroxyl groups excluding tert-OH is 1. The molecule has 0 aromatic heterocycles. The summed E-state index contributed by atoms with van der Waals surface area (Å²) in [7, 11) is -9.93. The molecule has 0 radical (unpaired) electrons. The van der Waals surface area contributed by atoms with Crippen molar-refractivity contribution in [2.75, 3.05) is 39.6 Å². The van der Waals surface area contributed by atoms with E-state index in [1.165, 1.54) is 263 Å². The third-order valence-electron chi connectivity index (χ3n) is 21.1. The Kier molecular flexibility index (Phi) is 75.6. The van der Waals surface area contributed by atoms with E-state index in [9.17, 15) is 43.2 Å². The number of carbonyl (C=O) groups is 4. The summed E-state index contributed by atoms with van der Waals surface area (Å²) in [5.74, 6) is 0.297. The van der Waals surface area contributed by atoms with Gasteiger partial charge in [0.15, 0.2) is 12.2 Å². The van der Waals surface area contributed by atoms with Gasteiger partial charge in [-0.2, -0.15) is 0 Å². The van der Waals surface area contributed by atoms with Crippen LogP contribution in [0.1, 0.15) is 459 Å². The smallest absolute Gasteiger partial charge is 0.462 e. The van der Waals surface area contributed by atoms with Crippen LogP contribution in [-0.2, 0) is 65.4 Å². The molecule has 0 aliphatic rings. The molecule has 630 valence electrons. The van der Waals surface area contributed by atoms with Crippen LogP contribution in [-0.4, -0.2) is 96.7 Å². The second-order valence-electron chi connectivity index (χ2n) is 32.2. The maximum Gasteiger partial charge on any atom is 0.472 e. The van der Waals surface area contributed by atoms with Gasteiger partial charge < -0.3 is 33.8 Å². The van der Waals surface area contributed by atoms with Gasteiger partial charge in [0.2, 0.25) is 0 Å². The predicted molar refractivity (Wildman–Crippen MR) is 437 cm³/mol. The molecule has 0 amide bonds. The molecule has 0 saturated heterocycles. The summed E-state index contributed by atoms with van der Waals surface area (Å²) < 4.78 is 68.9. The number of phosphoric ester groups is 2. The Morgan fingerprint density at radius 2 is 0.481 bits per heavy atom. The third-order valence-corrected chi connectivity index (χ3v) is 23.0. The summed E-state index contributed by atoms with van der Waals surface area (Å²) in [5, 5.41) is 10.7. The standard InChI is InChI=1S/C87H170O17P2/c1-8-11-12-13-14-15-16-17-18-21-25-32-37-42-47-56-64-71-87(92)104-83(75-98-85(90)69-62-55-50-49-53-60-67-80(7)10-3)77-102-106(95,96)100-73-81(88)72-99-105(93,94)101-76-82(74-97-84(89)68-61-54-46-41-36-31-28-27-29-34-39-44-51-58-65-78(4)5)103-86(91)70-63-57-48-43-38-33-26-23-20-19-22-24-30-35-40-45-52-59-66-79(6)9-2/h78-83,88H,8-77H2,1-7H3,(H,93,94)(H,95,96)/t79?,80?,81-,82-,83-/m1/s1. The van der Waals surface area contributed by atoms with Crippen LogP contribution in [0.4, 0.5) is 0 Å². The number of carbonyl (C=O) groups excluding carboxylic acids is 4. The summed E-state index contributed by atoms with van der Waals surface area (Å²) in [6.45, 7) is 12.0. The zero-order valence-corrected chi connectivity index (χ0v) is 71.7. The summed E-state index contributed by atoms with van der Waals surface area (Å²) in [4.78, 5) is 73.2. The Morgan fingerprint density at radius 3 is 0.717 bits per heavy atom. The Balaban J connectivity index is 5.23. The van der Waals surface area contributed by atoms with E-state index >= 15 is 0 Å². The van der Waals surface area contributed by atoms with Gasteiger partial charge in [0.25, 0.3) is 0 Å². The molecule has 0 aliphatic heterocycles. The minimum atomic E-state index is -4.97. The van der Waals surface area contributed by atoms with Crippen molar-refractivity contribution in [3.63, 3.8) is 0 Å². The monoisotopic (exact) mass is 1550 g/mol. The van der Waals surface area contributed by atoms with E-state index in [4.69, 9.17) is 37.0 Å². The highest BCUT2D eigenvalue weighted by Gasteiger charge is 2.31. The van der Waals surface area contributed by atoms with Crippen LogP contribution in [0.25, 0.3) is 0 Å². The molecule has 3 N–H and O–H groups in total. The van der Waals surface area contributed by atoms with Crippen molar-refractivity contribution in [1.82, 2.24) is 0 Å². The average Bonchev–Trinajstić information content (AvgIpc) is 0.939. The second kappa shape index (κ2) is 77.0.